The molecular formula is C18H12I2O2. The summed E-state index contributed by atoms with van der Waals surface area (Å²) >= 11 is 4.54. The highest BCUT2D eigenvalue weighted by molar-refractivity contribution is 14.1. The number of hydrogen-bond donors (Lipinski definition) is 0. The number of hydrogen-bond acceptors (Lipinski definition) is 2. The molecule has 0 aliphatic rings. The summed E-state index contributed by atoms with van der Waals surface area (Å²) in [6.07, 6.45) is 0. The largest absolute Gasteiger partial charge is 0.457 e. The van der Waals surface area contributed by atoms with Gasteiger partial charge in [-0.15, -0.1) is 0 Å². The maximum atomic E-state index is 5.79. The third-order valence-electron chi connectivity index (χ3n) is 2.92. The Morgan fingerprint density at radius 2 is 0.636 bits per heavy atom. The van der Waals surface area contributed by atoms with Crippen LogP contribution in [0.1, 0.15) is 0 Å². The van der Waals surface area contributed by atoms with Gasteiger partial charge >= 0.3 is 0 Å². The Kier molecular flexibility index (Phi) is 5.20. The Balaban J connectivity index is 1.67. The molecule has 0 saturated carbocycles. The van der Waals surface area contributed by atoms with Crippen LogP contribution >= 0.6 is 45.2 Å². The van der Waals surface area contributed by atoms with Crippen molar-refractivity contribution < 1.29 is 9.47 Å². The Bertz CT molecular complexity index is 669. The van der Waals surface area contributed by atoms with Crippen molar-refractivity contribution in [3.8, 4) is 23.0 Å². The van der Waals surface area contributed by atoms with Crippen molar-refractivity contribution >= 4 is 45.2 Å². The van der Waals surface area contributed by atoms with E-state index in [1.807, 2.05) is 72.8 Å². The highest BCUT2D eigenvalue weighted by Gasteiger charge is 2.00. The molecule has 0 saturated heterocycles. The molecule has 110 valence electrons. The lowest BCUT2D eigenvalue weighted by atomic mass is 10.3. The summed E-state index contributed by atoms with van der Waals surface area (Å²) in [5.41, 5.74) is 0. The summed E-state index contributed by atoms with van der Waals surface area (Å²) in [5.74, 6) is 3.23. The lowest BCUT2D eigenvalue weighted by Gasteiger charge is -2.08. The van der Waals surface area contributed by atoms with E-state index in [1.54, 1.807) is 0 Å². The zero-order valence-corrected chi connectivity index (χ0v) is 15.8. The molecule has 0 atom stereocenters. The van der Waals surface area contributed by atoms with E-state index < -0.39 is 0 Å². The fraction of sp³-hybridized carbons (Fsp3) is 0. The summed E-state index contributed by atoms with van der Waals surface area (Å²) in [6, 6.07) is 23.5. The first-order valence-electron chi connectivity index (χ1n) is 6.66. The molecule has 3 aromatic carbocycles. The molecule has 0 aliphatic carbocycles. The number of rotatable bonds is 4. The van der Waals surface area contributed by atoms with E-state index in [0.29, 0.717) is 0 Å². The van der Waals surface area contributed by atoms with Crippen molar-refractivity contribution in [2.45, 2.75) is 0 Å². The van der Waals surface area contributed by atoms with Crippen molar-refractivity contribution in [2.75, 3.05) is 0 Å². The van der Waals surface area contributed by atoms with Gasteiger partial charge in [-0.1, -0.05) is 0 Å². The molecule has 0 N–H and O–H groups in total. The molecule has 4 heteroatoms. The molecule has 2 nitrogen and oxygen atoms in total. The van der Waals surface area contributed by atoms with Crippen molar-refractivity contribution in [2.24, 2.45) is 0 Å². The molecule has 0 radical (unpaired) electrons. The molecule has 0 unspecified atom stereocenters. The lowest BCUT2D eigenvalue weighted by Crippen LogP contribution is -1.86. The third-order valence-corrected chi connectivity index (χ3v) is 4.36. The summed E-state index contributed by atoms with van der Waals surface area (Å²) < 4.78 is 14.0. The van der Waals surface area contributed by atoms with Crippen molar-refractivity contribution in [1.29, 1.82) is 0 Å². The van der Waals surface area contributed by atoms with Crippen LogP contribution in [0, 0.1) is 7.14 Å². The van der Waals surface area contributed by atoms with E-state index in [1.165, 1.54) is 7.14 Å². The Morgan fingerprint density at radius 3 is 0.909 bits per heavy atom. The van der Waals surface area contributed by atoms with Crippen LogP contribution in [0.2, 0.25) is 0 Å². The molecule has 0 aliphatic heterocycles. The fourth-order valence-corrected chi connectivity index (χ4v) is 2.57. The zero-order chi connectivity index (χ0) is 15.4. The van der Waals surface area contributed by atoms with Crippen molar-refractivity contribution in [1.82, 2.24) is 0 Å². The van der Waals surface area contributed by atoms with Crippen LogP contribution in [0.15, 0.2) is 72.8 Å². The van der Waals surface area contributed by atoms with E-state index >= 15 is 0 Å². The Labute approximate surface area is 156 Å². The van der Waals surface area contributed by atoms with E-state index in [-0.39, 0.29) is 0 Å². The number of halogens is 2. The predicted octanol–water partition coefficient (Wildman–Crippen LogP) is 6.48. The second kappa shape index (κ2) is 7.32. The van der Waals surface area contributed by atoms with Gasteiger partial charge in [0, 0.05) is 7.14 Å². The number of benzene rings is 3. The first-order chi connectivity index (χ1) is 10.7. The highest BCUT2D eigenvalue weighted by Crippen LogP contribution is 2.27. The highest BCUT2D eigenvalue weighted by atomic mass is 127. The van der Waals surface area contributed by atoms with Gasteiger partial charge in [-0.05, 0) is 118 Å². The minimum atomic E-state index is 0.788. The average molecular weight is 514 g/mol. The zero-order valence-electron chi connectivity index (χ0n) is 11.5. The molecule has 0 aromatic heterocycles. The topological polar surface area (TPSA) is 18.5 Å². The Morgan fingerprint density at radius 1 is 0.409 bits per heavy atom. The van der Waals surface area contributed by atoms with Gasteiger partial charge in [-0.3, -0.25) is 0 Å². The van der Waals surface area contributed by atoms with Gasteiger partial charge < -0.3 is 9.47 Å². The van der Waals surface area contributed by atoms with Gasteiger partial charge in [-0.25, -0.2) is 0 Å². The van der Waals surface area contributed by atoms with Crippen LogP contribution in [0.4, 0.5) is 0 Å². The monoisotopic (exact) mass is 514 g/mol. The van der Waals surface area contributed by atoms with E-state index in [4.69, 9.17) is 9.47 Å². The van der Waals surface area contributed by atoms with E-state index in [9.17, 15) is 0 Å². The first-order valence-corrected chi connectivity index (χ1v) is 8.82. The van der Waals surface area contributed by atoms with Gasteiger partial charge in [0.15, 0.2) is 0 Å². The Hall–Kier alpha value is -1.28. The normalized spacial score (nSPS) is 10.3. The van der Waals surface area contributed by atoms with Gasteiger partial charge in [0.05, 0.1) is 0 Å². The van der Waals surface area contributed by atoms with Gasteiger partial charge in [0.25, 0.3) is 0 Å². The SMILES string of the molecule is Ic1ccc(Oc2ccc(Oc3ccc(I)cc3)cc2)cc1. The quantitative estimate of drug-likeness (QED) is 0.372. The van der Waals surface area contributed by atoms with Crippen LogP contribution in [-0.4, -0.2) is 0 Å². The van der Waals surface area contributed by atoms with Gasteiger partial charge in [0.2, 0.25) is 0 Å². The van der Waals surface area contributed by atoms with Gasteiger partial charge in [-0.2, -0.15) is 0 Å². The molecule has 3 aromatic rings. The average Bonchev–Trinajstić information content (AvgIpc) is 2.54. The van der Waals surface area contributed by atoms with Crippen LogP contribution in [-0.2, 0) is 0 Å². The second-order valence-corrected chi connectivity index (χ2v) is 7.07. The smallest absolute Gasteiger partial charge is 0.127 e. The standard InChI is InChI=1S/C18H12I2O2/c19-13-1-5-15(6-2-13)21-17-9-11-18(12-10-17)22-16-7-3-14(20)4-8-16/h1-12H. The molecule has 0 amide bonds. The predicted molar refractivity (Wildman–Crippen MR) is 105 cm³/mol. The van der Waals surface area contributed by atoms with E-state index in [0.717, 1.165) is 23.0 Å². The molecule has 0 fully saturated rings. The second-order valence-electron chi connectivity index (χ2n) is 4.58. The first kappa shape index (κ1) is 15.6. The van der Waals surface area contributed by atoms with Crippen molar-refractivity contribution in [3.05, 3.63) is 79.9 Å². The summed E-state index contributed by atoms with van der Waals surface area (Å²) in [7, 11) is 0. The summed E-state index contributed by atoms with van der Waals surface area (Å²) in [4.78, 5) is 0. The maximum Gasteiger partial charge on any atom is 0.127 e. The lowest BCUT2D eigenvalue weighted by molar-refractivity contribution is 0.469. The molecule has 0 bridgehead atoms. The van der Waals surface area contributed by atoms with Crippen LogP contribution in [0.5, 0.6) is 23.0 Å². The molecule has 0 heterocycles. The molecule has 3 rings (SSSR count). The molecular weight excluding hydrogens is 502 g/mol. The van der Waals surface area contributed by atoms with Gasteiger partial charge in [0.1, 0.15) is 23.0 Å². The maximum absolute atomic E-state index is 5.79. The summed E-state index contributed by atoms with van der Waals surface area (Å²) in [5, 5.41) is 0. The van der Waals surface area contributed by atoms with Crippen LogP contribution < -0.4 is 9.47 Å². The van der Waals surface area contributed by atoms with Crippen LogP contribution in [0.3, 0.4) is 0 Å². The fourth-order valence-electron chi connectivity index (χ4n) is 1.85. The third kappa shape index (κ3) is 4.36. The van der Waals surface area contributed by atoms with Crippen molar-refractivity contribution in [3.63, 3.8) is 0 Å². The minimum absolute atomic E-state index is 0.788. The van der Waals surface area contributed by atoms with Crippen LogP contribution in [0.25, 0.3) is 0 Å². The molecule has 22 heavy (non-hydrogen) atoms. The number of ether oxygens (including phenoxy) is 2. The molecule has 0 spiro atoms. The van der Waals surface area contributed by atoms with E-state index in [2.05, 4.69) is 45.2 Å². The minimum Gasteiger partial charge on any atom is -0.457 e. The summed E-state index contributed by atoms with van der Waals surface area (Å²) in [6.45, 7) is 0.